The molecule has 1 atom stereocenters. The van der Waals surface area contributed by atoms with Gasteiger partial charge in [0.1, 0.15) is 17.2 Å². The van der Waals surface area contributed by atoms with E-state index in [0.717, 1.165) is 26.7 Å². The van der Waals surface area contributed by atoms with Gasteiger partial charge in [-0.2, -0.15) is 0 Å². The fourth-order valence-corrected chi connectivity index (χ4v) is 4.05. The lowest BCUT2D eigenvalue weighted by molar-refractivity contribution is -0.135. The molecule has 0 aliphatic carbocycles. The van der Waals surface area contributed by atoms with Gasteiger partial charge in [0.2, 0.25) is 0 Å². The van der Waals surface area contributed by atoms with Gasteiger partial charge in [-0.05, 0) is 25.1 Å². The van der Waals surface area contributed by atoms with Crippen molar-refractivity contribution >= 4 is 29.2 Å². The maximum absolute atomic E-state index is 12.5. The van der Waals surface area contributed by atoms with Gasteiger partial charge >= 0.3 is 12.0 Å². The number of thiophene rings is 1. The van der Waals surface area contributed by atoms with E-state index in [-0.39, 0.29) is 6.54 Å². The van der Waals surface area contributed by atoms with Gasteiger partial charge in [-0.15, -0.1) is 11.3 Å². The fourth-order valence-electron chi connectivity index (χ4n) is 2.97. The number of rotatable bonds is 3. The van der Waals surface area contributed by atoms with E-state index in [0.29, 0.717) is 18.0 Å². The molecule has 3 heterocycles. The molecular formula is C18H16N2O5S. The number of urea groups is 1. The molecule has 1 aromatic carbocycles. The Hall–Kier alpha value is -2.87. The SMILES string of the molecule is CC(OC(=O)c1cc2c(s1)-c1ccccc1OC2)C(=O)N1CCNC1=O. The smallest absolute Gasteiger partial charge is 0.349 e. The number of imide groups is 1. The van der Waals surface area contributed by atoms with Crippen LogP contribution >= 0.6 is 11.3 Å². The van der Waals surface area contributed by atoms with E-state index in [4.69, 9.17) is 9.47 Å². The number of ether oxygens (including phenoxy) is 2. The Bertz CT molecular complexity index is 907. The number of hydrogen-bond acceptors (Lipinski definition) is 6. The third kappa shape index (κ3) is 2.82. The highest BCUT2D eigenvalue weighted by Crippen LogP contribution is 2.42. The largest absolute Gasteiger partial charge is 0.488 e. The van der Waals surface area contributed by atoms with Crippen LogP contribution in [0.3, 0.4) is 0 Å². The summed E-state index contributed by atoms with van der Waals surface area (Å²) in [6, 6.07) is 8.91. The molecule has 1 fully saturated rings. The zero-order valence-electron chi connectivity index (χ0n) is 14.0. The summed E-state index contributed by atoms with van der Waals surface area (Å²) in [6.07, 6.45) is -1.03. The molecule has 1 N–H and O–H groups in total. The number of carbonyl (C=O) groups excluding carboxylic acids is 3. The lowest BCUT2D eigenvalue weighted by Crippen LogP contribution is -2.41. The van der Waals surface area contributed by atoms with Crippen LogP contribution in [0.2, 0.25) is 0 Å². The summed E-state index contributed by atoms with van der Waals surface area (Å²) in [5.74, 6) is -0.323. The molecule has 1 unspecified atom stereocenters. The molecule has 2 aromatic rings. The number of para-hydroxylation sites is 1. The Morgan fingerprint density at radius 1 is 1.35 bits per heavy atom. The van der Waals surface area contributed by atoms with Crippen molar-refractivity contribution in [3.8, 4) is 16.2 Å². The minimum absolute atomic E-state index is 0.279. The zero-order valence-corrected chi connectivity index (χ0v) is 14.8. The Morgan fingerprint density at radius 2 is 2.15 bits per heavy atom. The fraction of sp³-hybridized carbons (Fsp3) is 0.278. The van der Waals surface area contributed by atoms with E-state index in [9.17, 15) is 14.4 Å². The highest BCUT2D eigenvalue weighted by Gasteiger charge is 2.32. The predicted molar refractivity (Wildman–Crippen MR) is 94.1 cm³/mol. The van der Waals surface area contributed by atoms with Gasteiger partial charge in [-0.1, -0.05) is 12.1 Å². The molecule has 8 heteroatoms. The summed E-state index contributed by atoms with van der Waals surface area (Å²) in [7, 11) is 0. The molecule has 0 radical (unpaired) electrons. The molecule has 1 saturated heterocycles. The van der Waals surface area contributed by atoms with Gasteiger partial charge in [-0.3, -0.25) is 9.69 Å². The highest BCUT2D eigenvalue weighted by atomic mass is 32.1. The Labute approximate surface area is 153 Å². The van der Waals surface area contributed by atoms with Crippen LogP contribution in [0.15, 0.2) is 30.3 Å². The van der Waals surface area contributed by atoms with Gasteiger partial charge < -0.3 is 14.8 Å². The van der Waals surface area contributed by atoms with Crippen LogP contribution in [0.4, 0.5) is 4.79 Å². The highest BCUT2D eigenvalue weighted by molar-refractivity contribution is 7.17. The van der Waals surface area contributed by atoms with Gasteiger partial charge in [0.25, 0.3) is 5.91 Å². The van der Waals surface area contributed by atoms with E-state index in [1.807, 2.05) is 24.3 Å². The summed E-state index contributed by atoms with van der Waals surface area (Å²) in [6.45, 7) is 2.54. The van der Waals surface area contributed by atoms with Gasteiger partial charge in [0, 0.05) is 29.1 Å². The lowest BCUT2D eigenvalue weighted by atomic mass is 10.1. The van der Waals surface area contributed by atoms with Crippen LogP contribution in [0.25, 0.3) is 10.4 Å². The average molecular weight is 372 g/mol. The predicted octanol–water partition coefficient (Wildman–Crippen LogP) is 2.40. The summed E-state index contributed by atoms with van der Waals surface area (Å²) in [5, 5.41) is 2.55. The molecule has 7 nitrogen and oxygen atoms in total. The average Bonchev–Trinajstić information content (AvgIpc) is 3.27. The normalized spacial score (nSPS) is 16.2. The first-order valence-electron chi connectivity index (χ1n) is 8.19. The molecule has 2 aliphatic rings. The Balaban J connectivity index is 1.51. The first-order valence-corrected chi connectivity index (χ1v) is 9.01. The number of amides is 3. The van der Waals surface area contributed by atoms with Crippen LogP contribution in [0, 0.1) is 0 Å². The third-order valence-corrected chi connectivity index (χ3v) is 5.47. The van der Waals surface area contributed by atoms with Crippen molar-refractivity contribution < 1.29 is 23.9 Å². The second kappa shape index (κ2) is 6.45. The number of esters is 1. The van der Waals surface area contributed by atoms with Crippen molar-refractivity contribution in [2.45, 2.75) is 19.6 Å². The van der Waals surface area contributed by atoms with Gasteiger partial charge in [0.15, 0.2) is 6.10 Å². The van der Waals surface area contributed by atoms with Crippen molar-refractivity contribution in [2.24, 2.45) is 0 Å². The summed E-state index contributed by atoms with van der Waals surface area (Å²) < 4.78 is 11.0. The first-order chi connectivity index (χ1) is 12.5. The summed E-state index contributed by atoms with van der Waals surface area (Å²) >= 11 is 1.31. The van der Waals surface area contributed by atoms with Crippen molar-refractivity contribution in [3.63, 3.8) is 0 Å². The molecule has 134 valence electrons. The first kappa shape index (κ1) is 16.6. The Kier molecular flexibility index (Phi) is 4.12. The maximum atomic E-state index is 12.5. The molecule has 0 saturated carbocycles. The van der Waals surface area contributed by atoms with Crippen molar-refractivity contribution in [1.82, 2.24) is 10.2 Å². The van der Waals surface area contributed by atoms with E-state index in [1.54, 1.807) is 6.07 Å². The van der Waals surface area contributed by atoms with Gasteiger partial charge in [0.05, 0.1) is 0 Å². The van der Waals surface area contributed by atoms with Crippen molar-refractivity contribution in [1.29, 1.82) is 0 Å². The summed E-state index contributed by atoms with van der Waals surface area (Å²) in [4.78, 5) is 38.7. The van der Waals surface area contributed by atoms with E-state index >= 15 is 0 Å². The minimum Gasteiger partial charge on any atom is -0.488 e. The van der Waals surface area contributed by atoms with Crippen LogP contribution in [0.5, 0.6) is 5.75 Å². The standard InChI is InChI=1S/C18H16N2O5S/c1-10(16(21)20-7-6-19-18(20)23)25-17(22)14-8-11-9-24-13-5-3-2-4-12(13)15(11)26-14/h2-5,8,10H,6-7,9H2,1H3,(H,19,23). The monoisotopic (exact) mass is 372 g/mol. The second-order valence-corrected chi connectivity index (χ2v) is 7.07. The number of nitrogens with zero attached hydrogens (tertiary/aromatic N) is 1. The molecule has 1 aromatic heterocycles. The third-order valence-electron chi connectivity index (χ3n) is 4.28. The quantitative estimate of drug-likeness (QED) is 0.837. The molecular weight excluding hydrogens is 356 g/mol. The molecule has 3 amide bonds. The van der Waals surface area contributed by atoms with Crippen LogP contribution in [-0.2, 0) is 16.1 Å². The number of carbonyl (C=O) groups is 3. The van der Waals surface area contributed by atoms with E-state index < -0.39 is 24.0 Å². The number of hydrogen-bond donors (Lipinski definition) is 1. The Morgan fingerprint density at radius 3 is 2.92 bits per heavy atom. The molecule has 0 bridgehead atoms. The van der Waals surface area contributed by atoms with Gasteiger partial charge in [-0.25, -0.2) is 9.59 Å². The van der Waals surface area contributed by atoms with Crippen LogP contribution in [0.1, 0.15) is 22.2 Å². The van der Waals surface area contributed by atoms with E-state index in [1.165, 1.54) is 18.3 Å². The number of fused-ring (bicyclic) bond motifs is 3. The molecule has 26 heavy (non-hydrogen) atoms. The van der Waals surface area contributed by atoms with Crippen LogP contribution in [-0.4, -0.2) is 42.0 Å². The minimum atomic E-state index is -1.03. The van der Waals surface area contributed by atoms with Crippen molar-refractivity contribution in [3.05, 3.63) is 40.8 Å². The second-order valence-electron chi connectivity index (χ2n) is 6.02. The van der Waals surface area contributed by atoms with E-state index in [2.05, 4.69) is 5.32 Å². The molecule has 0 spiro atoms. The summed E-state index contributed by atoms with van der Waals surface area (Å²) in [5.41, 5.74) is 1.86. The molecule has 2 aliphatic heterocycles. The number of benzene rings is 1. The van der Waals surface area contributed by atoms with Crippen molar-refractivity contribution in [2.75, 3.05) is 13.1 Å². The topological polar surface area (TPSA) is 84.9 Å². The molecule has 4 rings (SSSR count). The zero-order chi connectivity index (χ0) is 18.3. The number of nitrogens with one attached hydrogen (secondary N) is 1. The van der Waals surface area contributed by atoms with Crippen LogP contribution < -0.4 is 10.1 Å². The maximum Gasteiger partial charge on any atom is 0.349 e. The lowest BCUT2D eigenvalue weighted by Gasteiger charge is -2.17.